The molecule has 1 aromatic rings. The van der Waals surface area contributed by atoms with Gasteiger partial charge in [0.1, 0.15) is 4.21 Å². The van der Waals surface area contributed by atoms with Crippen LogP contribution in [0.4, 0.5) is 0 Å². The van der Waals surface area contributed by atoms with Crippen LogP contribution in [-0.2, 0) is 19.1 Å². The molecular formula is C4H3BrClNO4S3. The summed E-state index contributed by atoms with van der Waals surface area (Å²) in [6.45, 7) is 0. The molecule has 0 bridgehead atoms. The lowest BCUT2D eigenvalue weighted by Crippen LogP contribution is -2.09. The van der Waals surface area contributed by atoms with E-state index in [-0.39, 0.29) is 12.9 Å². The van der Waals surface area contributed by atoms with Crippen LogP contribution in [0, 0.1) is 0 Å². The highest BCUT2D eigenvalue weighted by atomic mass is 79.9. The number of rotatable bonds is 2. The molecule has 0 spiro atoms. The van der Waals surface area contributed by atoms with Gasteiger partial charge in [-0.3, -0.25) is 0 Å². The number of sulfonamides is 1. The summed E-state index contributed by atoms with van der Waals surface area (Å²) in [6.07, 6.45) is 0. The van der Waals surface area contributed by atoms with Crippen LogP contribution in [0.3, 0.4) is 0 Å². The number of thiophene rings is 1. The smallest absolute Gasteiger partial charge is 0.224 e. The molecule has 0 saturated heterocycles. The Morgan fingerprint density at radius 1 is 1.36 bits per heavy atom. The van der Waals surface area contributed by atoms with Crippen LogP contribution in [0.25, 0.3) is 0 Å². The first-order chi connectivity index (χ1) is 6.12. The Labute approximate surface area is 97.5 Å². The Hall–Kier alpha value is 0.330. The second-order valence-electron chi connectivity index (χ2n) is 2.18. The Morgan fingerprint density at radius 3 is 2.07 bits per heavy atom. The third-order valence-electron chi connectivity index (χ3n) is 1.13. The lowest BCUT2D eigenvalue weighted by molar-refractivity contribution is 0.599. The van der Waals surface area contributed by atoms with Gasteiger partial charge in [0.15, 0.2) is 4.21 Å². The second-order valence-corrected chi connectivity index (χ2v) is 8.64. The van der Waals surface area contributed by atoms with Crippen molar-refractivity contribution < 1.29 is 16.8 Å². The average molecular weight is 341 g/mol. The van der Waals surface area contributed by atoms with Crippen molar-refractivity contribution in [2.45, 2.75) is 8.42 Å². The largest absolute Gasteiger partial charge is 0.271 e. The lowest BCUT2D eigenvalue weighted by Gasteiger charge is -1.89. The van der Waals surface area contributed by atoms with E-state index in [1.807, 2.05) is 0 Å². The molecule has 0 aliphatic carbocycles. The summed E-state index contributed by atoms with van der Waals surface area (Å²) in [4.78, 5) is 0. The zero-order chi connectivity index (χ0) is 11.1. The van der Waals surface area contributed by atoms with Crippen molar-refractivity contribution in [1.82, 2.24) is 0 Å². The summed E-state index contributed by atoms with van der Waals surface area (Å²) in [5.41, 5.74) is 0. The number of hydrogen-bond acceptors (Lipinski definition) is 5. The molecule has 5 nitrogen and oxygen atoms in total. The minimum Gasteiger partial charge on any atom is -0.224 e. The molecule has 0 atom stereocenters. The predicted molar refractivity (Wildman–Crippen MR) is 56.4 cm³/mol. The van der Waals surface area contributed by atoms with Crippen molar-refractivity contribution in [3.05, 3.63) is 10.5 Å². The monoisotopic (exact) mass is 339 g/mol. The minimum atomic E-state index is -3.95. The molecular weight excluding hydrogens is 338 g/mol. The Kier molecular flexibility index (Phi) is 3.30. The maximum Gasteiger partial charge on any atom is 0.271 e. The summed E-state index contributed by atoms with van der Waals surface area (Å²) in [5, 5.41) is 4.81. The van der Waals surface area contributed by atoms with Gasteiger partial charge in [0.2, 0.25) is 10.0 Å². The van der Waals surface area contributed by atoms with E-state index in [2.05, 4.69) is 15.9 Å². The molecule has 1 heterocycles. The van der Waals surface area contributed by atoms with E-state index in [1.54, 1.807) is 0 Å². The van der Waals surface area contributed by atoms with Crippen molar-refractivity contribution in [2.24, 2.45) is 5.14 Å². The molecule has 80 valence electrons. The van der Waals surface area contributed by atoms with Crippen molar-refractivity contribution in [1.29, 1.82) is 0 Å². The highest BCUT2D eigenvalue weighted by Gasteiger charge is 2.22. The van der Waals surface area contributed by atoms with Gasteiger partial charge in [0.05, 0.1) is 0 Å². The fraction of sp³-hybridized carbons (Fsp3) is 0. The number of nitrogens with two attached hydrogens (primary N) is 1. The van der Waals surface area contributed by atoms with Gasteiger partial charge in [0, 0.05) is 15.2 Å². The molecule has 0 amide bonds. The standard InChI is InChI=1S/C4H3BrClNO4S3/c5-2-1-3(14(7,10)11)12-4(2)13(6,8)9/h1H,(H2,7,10,11). The van der Waals surface area contributed by atoms with Gasteiger partial charge >= 0.3 is 0 Å². The second kappa shape index (κ2) is 3.72. The van der Waals surface area contributed by atoms with Crippen molar-refractivity contribution in [2.75, 3.05) is 0 Å². The van der Waals surface area contributed by atoms with Crippen molar-refractivity contribution >= 4 is 57.0 Å². The molecule has 0 radical (unpaired) electrons. The van der Waals surface area contributed by atoms with Crippen molar-refractivity contribution in [3.8, 4) is 0 Å². The summed E-state index contributed by atoms with van der Waals surface area (Å²) in [7, 11) is -2.80. The maximum atomic E-state index is 10.9. The van der Waals surface area contributed by atoms with E-state index in [0.717, 1.165) is 6.07 Å². The van der Waals surface area contributed by atoms with Crippen LogP contribution in [0.15, 0.2) is 19.0 Å². The number of halogens is 2. The van der Waals surface area contributed by atoms with Gasteiger partial charge in [-0.05, 0) is 22.0 Å². The van der Waals surface area contributed by atoms with Gasteiger partial charge in [-0.2, -0.15) is 0 Å². The third-order valence-corrected chi connectivity index (χ3v) is 6.94. The van der Waals surface area contributed by atoms with E-state index in [9.17, 15) is 16.8 Å². The highest BCUT2D eigenvalue weighted by Crippen LogP contribution is 2.35. The molecule has 0 fully saturated rings. The molecule has 14 heavy (non-hydrogen) atoms. The average Bonchev–Trinajstić information content (AvgIpc) is 2.27. The Bertz CT molecular complexity index is 559. The summed E-state index contributed by atoms with van der Waals surface area (Å²) >= 11 is 3.37. The molecule has 0 unspecified atom stereocenters. The topological polar surface area (TPSA) is 94.3 Å². The molecule has 0 saturated carbocycles. The van der Waals surface area contributed by atoms with E-state index in [0.29, 0.717) is 11.3 Å². The summed E-state index contributed by atoms with van der Waals surface area (Å²) in [5.74, 6) is 0. The minimum absolute atomic E-state index is 0.0847. The van der Waals surface area contributed by atoms with Crippen LogP contribution in [0.5, 0.6) is 0 Å². The molecule has 0 aliphatic rings. The first kappa shape index (κ1) is 12.4. The molecule has 2 N–H and O–H groups in total. The van der Waals surface area contributed by atoms with Gasteiger partial charge in [-0.15, -0.1) is 11.3 Å². The van der Waals surface area contributed by atoms with Gasteiger partial charge in [-0.25, -0.2) is 22.0 Å². The van der Waals surface area contributed by atoms with Crippen LogP contribution in [0.2, 0.25) is 0 Å². The first-order valence-corrected chi connectivity index (χ1v) is 8.35. The maximum absolute atomic E-state index is 10.9. The zero-order valence-corrected chi connectivity index (χ0v) is 11.1. The molecule has 0 aromatic carbocycles. The van der Waals surface area contributed by atoms with Gasteiger partial charge in [-0.1, -0.05) is 0 Å². The number of primary sulfonamides is 1. The van der Waals surface area contributed by atoms with E-state index < -0.39 is 19.1 Å². The van der Waals surface area contributed by atoms with Crippen LogP contribution in [0.1, 0.15) is 0 Å². The van der Waals surface area contributed by atoms with Crippen LogP contribution < -0.4 is 5.14 Å². The van der Waals surface area contributed by atoms with Crippen molar-refractivity contribution in [3.63, 3.8) is 0 Å². The van der Waals surface area contributed by atoms with Gasteiger partial charge < -0.3 is 0 Å². The molecule has 10 heteroatoms. The first-order valence-electron chi connectivity index (χ1n) is 2.89. The highest BCUT2D eigenvalue weighted by molar-refractivity contribution is 9.10. The Morgan fingerprint density at radius 2 is 1.86 bits per heavy atom. The van der Waals surface area contributed by atoms with Gasteiger partial charge in [0.25, 0.3) is 9.05 Å². The molecule has 1 rings (SSSR count). The predicted octanol–water partition coefficient (Wildman–Crippen LogP) is 1.09. The van der Waals surface area contributed by atoms with E-state index in [4.69, 9.17) is 15.8 Å². The molecule has 1 aromatic heterocycles. The SMILES string of the molecule is NS(=O)(=O)c1cc(Br)c(S(=O)(=O)Cl)s1. The summed E-state index contributed by atoms with van der Waals surface area (Å²) < 4.78 is 43.1. The lowest BCUT2D eigenvalue weighted by atomic mass is 10.7. The van der Waals surface area contributed by atoms with E-state index in [1.165, 1.54) is 0 Å². The van der Waals surface area contributed by atoms with Crippen LogP contribution in [-0.4, -0.2) is 16.8 Å². The fourth-order valence-electron chi connectivity index (χ4n) is 0.638. The van der Waals surface area contributed by atoms with Crippen LogP contribution >= 0.6 is 37.9 Å². The normalized spacial score (nSPS) is 13.1. The zero-order valence-electron chi connectivity index (χ0n) is 6.27. The third kappa shape index (κ3) is 2.67. The molecule has 0 aliphatic heterocycles. The summed E-state index contributed by atoms with van der Waals surface area (Å²) in [6, 6.07) is 1.09. The quantitative estimate of drug-likeness (QED) is 0.815. The number of hydrogen-bond donors (Lipinski definition) is 1. The Balaban J connectivity index is 3.49. The van der Waals surface area contributed by atoms with E-state index >= 15 is 0 Å². The fourth-order valence-corrected chi connectivity index (χ4v) is 5.50.